The molecule has 30 heavy (non-hydrogen) atoms. The van der Waals surface area contributed by atoms with E-state index in [1.54, 1.807) is 42.5 Å². The topological polar surface area (TPSA) is 71.1 Å². The smallest absolute Gasteiger partial charge is 0.190 e. The van der Waals surface area contributed by atoms with E-state index in [2.05, 4.69) is 0 Å². The zero-order valence-corrected chi connectivity index (χ0v) is 17.8. The maximum atomic E-state index is 12.5. The molecule has 2 aromatic carbocycles. The van der Waals surface area contributed by atoms with Crippen molar-refractivity contribution in [2.45, 2.75) is 55.7 Å². The molecule has 7 heteroatoms. The van der Waals surface area contributed by atoms with Crippen LogP contribution in [0.2, 0.25) is 0 Å². The quantitative estimate of drug-likeness (QED) is 0.627. The van der Waals surface area contributed by atoms with Crippen molar-refractivity contribution in [3.05, 3.63) is 78.4 Å². The molecule has 4 rings (SSSR count). The number of hydrogen-bond acceptors (Lipinski definition) is 6. The van der Waals surface area contributed by atoms with Crippen LogP contribution in [0.25, 0.3) is 0 Å². The summed E-state index contributed by atoms with van der Waals surface area (Å²) in [6, 6.07) is 18.2. The third-order valence-corrected chi connectivity index (χ3v) is 6.68. The number of sulfone groups is 1. The molecule has 2 fully saturated rings. The first kappa shape index (κ1) is 21.2. The predicted octanol–water partition coefficient (Wildman–Crippen LogP) is 3.48. The summed E-state index contributed by atoms with van der Waals surface area (Å²) in [5, 5.41) is 0. The van der Waals surface area contributed by atoms with E-state index in [0.29, 0.717) is 11.5 Å². The van der Waals surface area contributed by atoms with E-state index in [1.165, 1.54) is 0 Å². The Balaban J connectivity index is 1.46. The molecule has 2 aromatic rings. The standard InChI is InChI=1S/C23H26O6S/c1-23(2)28-21-20(26-16-17-10-5-3-6-11-17)19(27-22(21)29-23)14-9-15-30(24,25)18-12-7-4-8-13-18/h3-14,19-22H,15-16H2,1-2H3/b14-9+. The zero-order valence-electron chi connectivity index (χ0n) is 17.0. The summed E-state index contributed by atoms with van der Waals surface area (Å²) in [7, 11) is -3.41. The first-order chi connectivity index (χ1) is 14.3. The summed E-state index contributed by atoms with van der Waals surface area (Å²) < 4.78 is 49.0. The molecule has 2 aliphatic rings. The van der Waals surface area contributed by atoms with Crippen molar-refractivity contribution in [3.63, 3.8) is 0 Å². The average Bonchev–Trinajstić information content (AvgIpc) is 3.19. The fourth-order valence-corrected chi connectivity index (χ4v) is 4.78. The van der Waals surface area contributed by atoms with Crippen LogP contribution in [0.1, 0.15) is 19.4 Å². The maximum Gasteiger partial charge on any atom is 0.190 e. The molecule has 0 aliphatic carbocycles. The minimum Gasteiger partial charge on any atom is -0.368 e. The highest BCUT2D eigenvalue weighted by Crippen LogP contribution is 2.39. The van der Waals surface area contributed by atoms with Gasteiger partial charge >= 0.3 is 0 Å². The minimum atomic E-state index is -3.41. The summed E-state index contributed by atoms with van der Waals surface area (Å²) in [6.07, 6.45) is 1.52. The van der Waals surface area contributed by atoms with Crippen LogP contribution in [0, 0.1) is 0 Å². The molecule has 0 bridgehead atoms. The van der Waals surface area contributed by atoms with E-state index in [1.807, 2.05) is 44.2 Å². The van der Waals surface area contributed by atoms with Crippen LogP contribution in [0.5, 0.6) is 0 Å². The third kappa shape index (κ3) is 4.82. The van der Waals surface area contributed by atoms with Gasteiger partial charge in [-0.1, -0.05) is 60.7 Å². The van der Waals surface area contributed by atoms with Crippen LogP contribution in [-0.2, 0) is 35.4 Å². The second-order valence-electron chi connectivity index (χ2n) is 7.85. The maximum absolute atomic E-state index is 12.5. The van der Waals surface area contributed by atoms with Crippen molar-refractivity contribution in [1.82, 2.24) is 0 Å². The second kappa shape index (κ2) is 8.61. The Hall–Kier alpha value is -2.03. The molecular weight excluding hydrogens is 404 g/mol. The van der Waals surface area contributed by atoms with Gasteiger partial charge in [-0.05, 0) is 31.5 Å². The van der Waals surface area contributed by atoms with Crippen LogP contribution < -0.4 is 0 Å². The zero-order chi connectivity index (χ0) is 21.2. The summed E-state index contributed by atoms with van der Waals surface area (Å²) in [4.78, 5) is 0.296. The largest absolute Gasteiger partial charge is 0.368 e. The van der Waals surface area contributed by atoms with Gasteiger partial charge in [-0.2, -0.15) is 0 Å². The molecule has 6 nitrogen and oxygen atoms in total. The Morgan fingerprint density at radius 2 is 1.67 bits per heavy atom. The fourth-order valence-electron chi connectivity index (χ4n) is 3.66. The lowest BCUT2D eigenvalue weighted by Crippen LogP contribution is -2.36. The van der Waals surface area contributed by atoms with Crippen LogP contribution in [0.4, 0.5) is 0 Å². The number of rotatable bonds is 7. The Kier molecular flexibility index (Phi) is 6.09. The minimum absolute atomic E-state index is 0.120. The highest BCUT2D eigenvalue weighted by molar-refractivity contribution is 7.91. The number of fused-ring (bicyclic) bond motifs is 1. The van der Waals surface area contributed by atoms with Gasteiger partial charge in [-0.25, -0.2) is 8.42 Å². The lowest BCUT2D eigenvalue weighted by atomic mass is 10.1. The van der Waals surface area contributed by atoms with Crippen molar-refractivity contribution < 1.29 is 27.4 Å². The highest BCUT2D eigenvalue weighted by Gasteiger charge is 2.54. The van der Waals surface area contributed by atoms with Gasteiger partial charge in [0.05, 0.1) is 17.3 Å². The summed E-state index contributed by atoms with van der Waals surface area (Å²) in [5.74, 6) is -0.875. The first-order valence-electron chi connectivity index (χ1n) is 9.95. The molecule has 0 aromatic heterocycles. The van der Waals surface area contributed by atoms with Crippen LogP contribution in [-0.4, -0.2) is 44.6 Å². The average molecular weight is 431 g/mol. The summed E-state index contributed by atoms with van der Waals surface area (Å²) in [5.41, 5.74) is 1.04. The first-order valence-corrected chi connectivity index (χ1v) is 11.6. The molecule has 0 radical (unpaired) electrons. The van der Waals surface area contributed by atoms with Crippen molar-refractivity contribution in [3.8, 4) is 0 Å². The molecule has 0 spiro atoms. The Morgan fingerprint density at radius 3 is 2.37 bits per heavy atom. The van der Waals surface area contributed by atoms with Crippen molar-refractivity contribution in [2.24, 2.45) is 0 Å². The van der Waals surface area contributed by atoms with Gasteiger partial charge in [0.15, 0.2) is 21.9 Å². The Morgan fingerprint density at radius 1 is 1.00 bits per heavy atom. The number of hydrogen-bond donors (Lipinski definition) is 0. The molecule has 2 saturated heterocycles. The van der Waals surface area contributed by atoms with Crippen molar-refractivity contribution in [2.75, 3.05) is 5.75 Å². The second-order valence-corrected chi connectivity index (χ2v) is 9.89. The molecule has 0 amide bonds. The van der Waals surface area contributed by atoms with Crippen LogP contribution in [0.3, 0.4) is 0 Å². The lowest BCUT2D eigenvalue weighted by molar-refractivity contribution is -0.213. The van der Waals surface area contributed by atoms with Gasteiger partial charge in [-0.15, -0.1) is 0 Å². The normalized spacial score (nSPS) is 28.1. The van der Waals surface area contributed by atoms with Gasteiger partial charge in [0.2, 0.25) is 0 Å². The summed E-state index contributed by atoms with van der Waals surface area (Å²) >= 11 is 0. The molecule has 2 heterocycles. The lowest BCUT2D eigenvalue weighted by Gasteiger charge is -2.24. The van der Waals surface area contributed by atoms with E-state index in [-0.39, 0.29) is 11.9 Å². The third-order valence-electron chi connectivity index (χ3n) is 5.06. The van der Waals surface area contributed by atoms with Gasteiger partial charge in [0.25, 0.3) is 0 Å². The van der Waals surface area contributed by atoms with Gasteiger partial charge in [0.1, 0.15) is 18.3 Å². The summed E-state index contributed by atoms with van der Waals surface area (Å²) in [6.45, 7) is 4.06. The molecule has 0 N–H and O–H groups in total. The van der Waals surface area contributed by atoms with E-state index < -0.39 is 34.1 Å². The molecule has 0 saturated carbocycles. The molecular formula is C23H26O6S. The van der Waals surface area contributed by atoms with Crippen LogP contribution >= 0.6 is 0 Å². The molecule has 2 aliphatic heterocycles. The van der Waals surface area contributed by atoms with E-state index in [9.17, 15) is 8.42 Å². The van der Waals surface area contributed by atoms with E-state index >= 15 is 0 Å². The number of ether oxygens (including phenoxy) is 4. The van der Waals surface area contributed by atoms with Gasteiger partial charge in [-0.3, -0.25) is 0 Å². The monoisotopic (exact) mass is 430 g/mol. The molecule has 4 atom stereocenters. The Labute approximate surface area is 177 Å². The predicted molar refractivity (Wildman–Crippen MR) is 111 cm³/mol. The number of benzene rings is 2. The van der Waals surface area contributed by atoms with E-state index in [0.717, 1.165) is 5.56 Å². The van der Waals surface area contributed by atoms with Crippen molar-refractivity contribution in [1.29, 1.82) is 0 Å². The van der Waals surface area contributed by atoms with Crippen LogP contribution in [0.15, 0.2) is 77.7 Å². The Bertz CT molecular complexity index is 971. The van der Waals surface area contributed by atoms with Gasteiger partial charge < -0.3 is 18.9 Å². The van der Waals surface area contributed by atoms with E-state index in [4.69, 9.17) is 18.9 Å². The highest BCUT2D eigenvalue weighted by atomic mass is 32.2. The van der Waals surface area contributed by atoms with Gasteiger partial charge in [0, 0.05) is 0 Å². The molecule has 4 unspecified atom stereocenters. The molecule has 160 valence electrons. The SMILES string of the molecule is CC1(C)OC2OC(/C=C/CS(=O)(=O)c3ccccc3)C(OCc3ccccc3)C2O1. The van der Waals surface area contributed by atoms with Crippen molar-refractivity contribution >= 4 is 9.84 Å². The fraction of sp³-hybridized carbons (Fsp3) is 0.391.